The van der Waals surface area contributed by atoms with Crippen molar-refractivity contribution >= 4 is 12.6 Å². The lowest BCUT2D eigenvalue weighted by Gasteiger charge is -2.03. The topological polar surface area (TPSA) is 52.6 Å². The maximum absolute atomic E-state index is 8.81. The van der Waals surface area contributed by atoms with E-state index in [2.05, 4.69) is 9.47 Å². The summed E-state index contributed by atoms with van der Waals surface area (Å²) in [6, 6.07) is 0. The van der Waals surface area contributed by atoms with Crippen molar-refractivity contribution in [1.29, 1.82) is 0 Å². The van der Waals surface area contributed by atoms with Crippen molar-refractivity contribution in [3.05, 3.63) is 0 Å². The van der Waals surface area contributed by atoms with Crippen molar-refractivity contribution in [2.24, 2.45) is 0 Å². The Hall–Kier alpha value is -0.740. The zero-order valence-corrected chi connectivity index (χ0v) is 8.37. The minimum atomic E-state index is -0.0648. The molecule has 4 nitrogen and oxygen atoms in total. The summed E-state index contributed by atoms with van der Waals surface area (Å²) in [5.41, 5.74) is 0. The first-order chi connectivity index (χ1) is 5.64. The van der Waals surface area contributed by atoms with Crippen LogP contribution in [0, 0.1) is 0 Å². The second kappa shape index (κ2) is 22.5. The van der Waals surface area contributed by atoms with Gasteiger partial charge in [-0.15, -0.1) is 0 Å². The third-order valence-electron chi connectivity index (χ3n) is 0.664. The fourth-order valence-electron chi connectivity index (χ4n) is 0.0962. The molecule has 0 saturated heterocycles. The van der Waals surface area contributed by atoms with Crippen LogP contribution < -0.4 is 0 Å². The molecule has 0 heterocycles. The SMILES string of the molecule is CC=O.CC=O.COC(C)OC. The van der Waals surface area contributed by atoms with E-state index in [1.54, 1.807) is 14.2 Å². The average Bonchev–Trinajstić information content (AvgIpc) is 2.06. The van der Waals surface area contributed by atoms with Gasteiger partial charge in [-0.1, -0.05) is 0 Å². The molecule has 0 aliphatic heterocycles. The summed E-state index contributed by atoms with van der Waals surface area (Å²) < 4.78 is 9.35. The van der Waals surface area contributed by atoms with E-state index in [4.69, 9.17) is 9.59 Å². The van der Waals surface area contributed by atoms with E-state index in [-0.39, 0.29) is 6.29 Å². The van der Waals surface area contributed by atoms with Gasteiger partial charge in [0.15, 0.2) is 6.29 Å². The molecule has 0 bridgehead atoms. The van der Waals surface area contributed by atoms with Crippen molar-refractivity contribution in [3.63, 3.8) is 0 Å². The van der Waals surface area contributed by atoms with Gasteiger partial charge in [-0.3, -0.25) is 0 Å². The lowest BCUT2D eigenvalue weighted by Crippen LogP contribution is -2.05. The summed E-state index contributed by atoms with van der Waals surface area (Å²) in [6.07, 6.45) is 1.44. The minimum absolute atomic E-state index is 0.0648. The van der Waals surface area contributed by atoms with Gasteiger partial charge < -0.3 is 19.1 Å². The number of aldehydes is 2. The number of ether oxygens (including phenoxy) is 2. The van der Waals surface area contributed by atoms with Crippen LogP contribution >= 0.6 is 0 Å². The Morgan fingerprint density at radius 2 is 1.17 bits per heavy atom. The maximum atomic E-state index is 8.81. The monoisotopic (exact) mass is 178 g/mol. The molecule has 0 amide bonds. The lowest BCUT2D eigenvalue weighted by atomic mass is 10.8. The number of hydrogen-bond acceptors (Lipinski definition) is 4. The smallest absolute Gasteiger partial charge is 0.154 e. The highest BCUT2D eigenvalue weighted by Crippen LogP contribution is 1.82. The van der Waals surface area contributed by atoms with E-state index in [0.717, 1.165) is 12.6 Å². The molecular weight excluding hydrogens is 160 g/mol. The summed E-state index contributed by atoms with van der Waals surface area (Å²) >= 11 is 0. The summed E-state index contributed by atoms with van der Waals surface area (Å²) in [5, 5.41) is 0. The molecule has 0 radical (unpaired) electrons. The zero-order valence-electron chi connectivity index (χ0n) is 8.37. The third-order valence-corrected chi connectivity index (χ3v) is 0.664. The summed E-state index contributed by atoms with van der Waals surface area (Å²) in [4.78, 5) is 17.6. The fourth-order valence-corrected chi connectivity index (χ4v) is 0.0962. The van der Waals surface area contributed by atoms with E-state index in [1.165, 1.54) is 13.8 Å². The number of carbonyl (C=O) groups excluding carboxylic acids is 2. The van der Waals surface area contributed by atoms with Crippen LogP contribution in [0.15, 0.2) is 0 Å². The number of methoxy groups -OCH3 is 2. The van der Waals surface area contributed by atoms with Crippen LogP contribution in [0.2, 0.25) is 0 Å². The van der Waals surface area contributed by atoms with E-state index in [0.29, 0.717) is 0 Å². The first kappa shape index (κ1) is 17.4. The van der Waals surface area contributed by atoms with Crippen LogP contribution in [0.3, 0.4) is 0 Å². The quantitative estimate of drug-likeness (QED) is 0.468. The van der Waals surface area contributed by atoms with E-state index in [1.807, 2.05) is 6.92 Å². The Morgan fingerprint density at radius 1 is 1.00 bits per heavy atom. The molecule has 0 aromatic rings. The van der Waals surface area contributed by atoms with E-state index < -0.39 is 0 Å². The van der Waals surface area contributed by atoms with Gasteiger partial charge in [0.2, 0.25) is 0 Å². The molecule has 0 rings (SSSR count). The van der Waals surface area contributed by atoms with Crippen molar-refractivity contribution in [2.75, 3.05) is 14.2 Å². The average molecular weight is 178 g/mol. The largest absolute Gasteiger partial charge is 0.356 e. The van der Waals surface area contributed by atoms with Crippen molar-refractivity contribution in [3.8, 4) is 0 Å². The van der Waals surface area contributed by atoms with Gasteiger partial charge in [-0.25, -0.2) is 0 Å². The standard InChI is InChI=1S/C4H10O2.2C2H4O/c1-4(5-2)6-3;2*1-2-3/h4H,1-3H3;2*2H,1H3. The molecule has 12 heavy (non-hydrogen) atoms. The Bertz CT molecular complexity index is 73.1. The maximum Gasteiger partial charge on any atom is 0.154 e. The van der Waals surface area contributed by atoms with Crippen molar-refractivity contribution < 1.29 is 19.1 Å². The highest BCUT2D eigenvalue weighted by Gasteiger charge is 1.87. The van der Waals surface area contributed by atoms with E-state index >= 15 is 0 Å². The van der Waals surface area contributed by atoms with Gasteiger partial charge in [-0.2, -0.15) is 0 Å². The van der Waals surface area contributed by atoms with Crippen LogP contribution in [0.25, 0.3) is 0 Å². The highest BCUT2D eigenvalue weighted by atomic mass is 16.7. The molecule has 0 aliphatic carbocycles. The predicted molar refractivity (Wildman–Crippen MR) is 47.0 cm³/mol. The number of carbonyl (C=O) groups is 2. The minimum Gasteiger partial charge on any atom is -0.356 e. The van der Waals surface area contributed by atoms with Gasteiger partial charge in [0, 0.05) is 14.2 Å². The molecule has 74 valence electrons. The molecule has 0 unspecified atom stereocenters. The highest BCUT2D eigenvalue weighted by molar-refractivity contribution is 5.44. The second-order valence-electron chi connectivity index (χ2n) is 1.51. The molecule has 0 spiro atoms. The second-order valence-corrected chi connectivity index (χ2v) is 1.51. The van der Waals surface area contributed by atoms with Crippen molar-refractivity contribution in [1.82, 2.24) is 0 Å². The molecule has 0 fully saturated rings. The van der Waals surface area contributed by atoms with Crippen LogP contribution in [0.4, 0.5) is 0 Å². The van der Waals surface area contributed by atoms with Gasteiger partial charge in [-0.05, 0) is 20.8 Å². The molecule has 0 saturated carbocycles. The van der Waals surface area contributed by atoms with Gasteiger partial charge in [0.05, 0.1) is 0 Å². The first-order valence-corrected chi connectivity index (χ1v) is 3.49. The van der Waals surface area contributed by atoms with Gasteiger partial charge in [0.25, 0.3) is 0 Å². The predicted octanol–water partition coefficient (Wildman–Crippen LogP) is 1.04. The molecule has 0 aromatic carbocycles. The Morgan fingerprint density at radius 3 is 1.17 bits per heavy atom. The summed E-state index contributed by atoms with van der Waals surface area (Å²) in [7, 11) is 3.21. The molecule has 0 aromatic heterocycles. The van der Waals surface area contributed by atoms with E-state index in [9.17, 15) is 0 Å². The van der Waals surface area contributed by atoms with Crippen LogP contribution in [-0.4, -0.2) is 33.1 Å². The van der Waals surface area contributed by atoms with Crippen LogP contribution in [-0.2, 0) is 19.1 Å². The first-order valence-electron chi connectivity index (χ1n) is 3.49. The molecule has 0 aliphatic rings. The molecule has 0 N–H and O–H groups in total. The summed E-state index contributed by atoms with van der Waals surface area (Å²) in [5.74, 6) is 0. The normalized spacial score (nSPS) is 7.17. The summed E-state index contributed by atoms with van der Waals surface area (Å²) in [6.45, 7) is 4.72. The fraction of sp³-hybridized carbons (Fsp3) is 0.750. The van der Waals surface area contributed by atoms with Crippen LogP contribution in [0.5, 0.6) is 0 Å². The molecular formula is C8H18O4. The zero-order chi connectivity index (χ0) is 10.4. The van der Waals surface area contributed by atoms with Gasteiger partial charge >= 0.3 is 0 Å². The Labute approximate surface area is 73.9 Å². The van der Waals surface area contributed by atoms with Crippen LogP contribution in [0.1, 0.15) is 20.8 Å². The Kier molecular flexibility index (Phi) is 32.5. The third kappa shape index (κ3) is 59.4. The lowest BCUT2D eigenvalue weighted by molar-refractivity contribution is -0.106. The molecule has 0 atom stereocenters. The van der Waals surface area contributed by atoms with Gasteiger partial charge in [0.1, 0.15) is 12.6 Å². The van der Waals surface area contributed by atoms with Crippen molar-refractivity contribution in [2.45, 2.75) is 27.1 Å². The number of hydrogen-bond donors (Lipinski definition) is 0. The number of rotatable bonds is 2. The molecule has 4 heteroatoms. The Balaban J connectivity index is -0.000000115.